The first-order valence-electron chi connectivity index (χ1n) is 13.0. The molecule has 9 heteroatoms. The van der Waals surface area contributed by atoms with Gasteiger partial charge in [-0.15, -0.1) is 0 Å². The minimum absolute atomic E-state index is 0.00679. The second kappa shape index (κ2) is 14.5. The predicted molar refractivity (Wildman–Crippen MR) is 137 cm³/mol. The highest BCUT2D eigenvalue weighted by molar-refractivity contribution is 6.30. The molecule has 1 aliphatic heterocycles. The third kappa shape index (κ3) is 9.17. The molecule has 8 nitrogen and oxygen atoms in total. The summed E-state index contributed by atoms with van der Waals surface area (Å²) in [5.41, 5.74) is 6.02. The average molecular weight is 509 g/mol. The second-order valence-electron chi connectivity index (χ2n) is 9.81. The van der Waals surface area contributed by atoms with Crippen LogP contribution in [0.15, 0.2) is 24.3 Å². The van der Waals surface area contributed by atoms with Crippen LogP contribution in [0.3, 0.4) is 0 Å². The highest BCUT2D eigenvalue weighted by atomic mass is 35.5. The minimum atomic E-state index is -0.822. The monoisotopic (exact) mass is 508 g/mol. The second-order valence-corrected chi connectivity index (χ2v) is 10.2. The van der Waals surface area contributed by atoms with Gasteiger partial charge in [0.2, 0.25) is 0 Å². The standard InChI is InChI=1S/C26H41ClN4O4/c1-29-17-23(15-19-7-3-2-4-8-19)30-26(33)31-12-6-10-21(18-31)24(34-13-14-35-25(28)32)20-9-5-11-22(27)16-20/h5,9,11,16,19,21,23-24,29H,2-4,6-8,10,12-15,17-18H2,1H3,(H2,28,32)(H,30,33). The predicted octanol–water partition coefficient (Wildman–Crippen LogP) is 4.47. The molecular formula is C26H41ClN4O4. The Balaban J connectivity index is 1.62. The fourth-order valence-electron chi connectivity index (χ4n) is 5.48. The first-order chi connectivity index (χ1) is 17.0. The molecule has 1 heterocycles. The van der Waals surface area contributed by atoms with Crippen LogP contribution in [-0.4, -0.2) is 63.0 Å². The van der Waals surface area contributed by atoms with Crippen LogP contribution in [0.25, 0.3) is 0 Å². The van der Waals surface area contributed by atoms with E-state index in [1.54, 1.807) is 0 Å². The van der Waals surface area contributed by atoms with Crippen LogP contribution >= 0.6 is 11.6 Å². The Morgan fingerprint density at radius 2 is 1.97 bits per heavy atom. The van der Waals surface area contributed by atoms with Crippen molar-refractivity contribution in [3.05, 3.63) is 34.9 Å². The molecule has 2 fully saturated rings. The molecule has 0 aromatic heterocycles. The van der Waals surface area contributed by atoms with Gasteiger partial charge in [0, 0.05) is 36.6 Å². The van der Waals surface area contributed by atoms with E-state index in [0.717, 1.165) is 37.9 Å². The van der Waals surface area contributed by atoms with Crippen molar-refractivity contribution in [1.29, 1.82) is 0 Å². The molecule has 3 rings (SSSR count). The summed E-state index contributed by atoms with van der Waals surface area (Å²) in [6.45, 7) is 2.39. The van der Waals surface area contributed by atoms with E-state index in [9.17, 15) is 9.59 Å². The van der Waals surface area contributed by atoms with Crippen LogP contribution in [0, 0.1) is 11.8 Å². The van der Waals surface area contributed by atoms with Crippen molar-refractivity contribution < 1.29 is 19.1 Å². The largest absolute Gasteiger partial charge is 0.447 e. The van der Waals surface area contributed by atoms with Gasteiger partial charge in [0.25, 0.3) is 0 Å². The van der Waals surface area contributed by atoms with E-state index in [-0.39, 0.29) is 37.3 Å². The molecule has 1 aliphatic carbocycles. The van der Waals surface area contributed by atoms with Crippen LogP contribution in [0.5, 0.6) is 0 Å². The van der Waals surface area contributed by atoms with Gasteiger partial charge in [-0.25, -0.2) is 9.59 Å². The zero-order valence-electron chi connectivity index (χ0n) is 20.8. The van der Waals surface area contributed by atoms with Gasteiger partial charge in [0.15, 0.2) is 0 Å². The number of likely N-dealkylation sites (tertiary alicyclic amines) is 1. The maximum atomic E-state index is 13.3. The van der Waals surface area contributed by atoms with Crippen molar-refractivity contribution in [3.63, 3.8) is 0 Å². The molecule has 2 aliphatic rings. The van der Waals surface area contributed by atoms with Crippen molar-refractivity contribution in [2.75, 3.05) is 39.9 Å². The lowest BCUT2D eigenvalue weighted by atomic mass is 9.85. The lowest BCUT2D eigenvalue weighted by Crippen LogP contribution is -2.52. The molecule has 0 bridgehead atoms. The number of hydrogen-bond acceptors (Lipinski definition) is 5. The highest BCUT2D eigenvalue weighted by Crippen LogP contribution is 2.34. The smallest absolute Gasteiger partial charge is 0.404 e. The normalized spacial score (nSPS) is 20.7. The Labute approximate surface area is 214 Å². The molecule has 1 aromatic carbocycles. The van der Waals surface area contributed by atoms with Gasteiger partial charge in [-0.3, -0.25) is 0 Å². The number of amides is 3. The molecule has 4 N–H and O–H groups in total. The maximum absolute atomic E-state index is 13.3. The number of halogens is 1. The Morgan fingerprint density at radius 3 is 2.69 bits per heavy atom. The summed E-state index contributed by atoms with van der Waals surface area (Å²) >= 11 is 6.25. The van der Waals surface area contributed by atoms with E-state index >= 15 is 0 Å². The number of ether oxygens (including phenoxy) is 2. The Morgan fingerprint density at radius 1 is 1.17 bits per heavy atom. The van der Waals surface area contributed by atoms with Crippen molar-refractivity contribution in [1.82, 2.24) is 15.5 Å². The fraction of sp³-hybridized carbons (Fsp3) is 0.692. The Kier molecular flexibility index (Phi) is 11.4. The molecule has 196 valence electrons. The Bertz CT molecular complexity index is 805. The summed E-state index contributed by atoms with van der Waals surface area (Å²) in [6.07, 6.45) is 8.23. The number of primary amides is 1. The minimum Gasteiger partial charge on any atom is -0.447 e. The third-order valence-corrected chi connectivity index (χ3v) is 7.33. The van der Waals surface area contributed by atoms with E-state index in [2.05, 4.69) is 10.6 Å². The van der Waals surface area contributed by atoms with Crippen molar-refractivity contribution in [3.8, 4) is 0 Å². The molecule has 3 atom stereocenters. The number of rotatable bonds is 11. The van der Waals surface area contributed by atoms with Crippen LogP contribution in [-0.2, 0) is 9.47 Å². The summed E-state index contributed by atoms with van der Waals surface area (Å²) < 4.78 is 11.0. The summed E-state index contributed by atoms with van der Waals surface area (Å²) in [5, 5.41) is 7.18. The van der Waals surface area contributed by atoms with E-state index in [0.29, 0.717) is 17.5 Å². The van der Waals surface area contributed by atoms with Crippen molar-refractivity contribution >= 4 is 23.7 Å². The van der Waals surface area contributed by atoms with E-state index in [4.69, 9.17) is 26.8 Å². The van der Waals surface area contributed by atoms with E-state index in [1.165, 1.54) is 32.1 Å². The lowest BCUT2D eigenvalue weighted by Gasteiger charge is -2.38. The number of urea groups is 1. The first-order valence-corrected chi connectivity index (χ1v) is 13.3. The highest BCUT2D eigenvalue weighted by Gasteiger charge is 2.32. The summed E-state index contributed by atoms with van der Waals surface area (Å²) in [7, 11) is 1.94. The summed E-state index contributed by atoms with van der Waals surface area (Å²) in [6, 6.07) is 7.72. The van der Waals surface area contributed by atoms with Gasteiger partial charge >= 0.3 is 12.1 Å². The first kappa shape index (κ1) is 27.6. The number of nitrogens with two attached hydrogens (primary N) is 1. The molecule has 0 radical (unpaired) electrons. The summed E-state index contributed by atoms with van der Waals surface area (Å²) in [4.78, 5) is 26.1. The van der Waals surface area contributed by atoms with Crippen LogP contribution in [0.1, 0.15) is 63.0 Å². The maximum Gasteiger partial charge on any atom is 0.404 e. The number of nitrogens with zero attached hydrogens (tertiary/aromatic N) is 1. The molecule has 0 spiro atoms. The fourth-order valence-corrected chi connectivity index (χ4v) is 5.68. The quantitative estimate of drug-likeness (QED) is 0.382. The molecular weight excluding hydrogens is 468 g/mol. The zero-order chi connectivity index (χ0) is 25.0. The Hall–Kier alpha value is -2.03. The molecule has 3 amide bonds. The van der Waals surface area contributed by atoms with E-state index < -0.39 is 6.09 Å². The number of piperidine rings is 1. The van der Waals surface area contributed by atoms with Gasteiger partial charge in [-0.2, -0.15) is 0 Å². The lowest BCUT2D eigenvalue weighted by molar-refractivity contribution is -0.0257. The third-order valence-electron chi connectivity index (χ3n) is 7.10. The van der Waals surface area contributed by atoms with Gasteiger partial charge in [0.1, 0.15) is 6.61 Å². The molecule has 1 aromatic rings. The number of carbonyl (C=O) groups excluding carboxylic acids is 2. The number of hydrogen-bond donors (Lipinski definition) is 3. The summed E-state index contributed by atoms with van der Waals surface area (Å²) in [5.74, 6) is 0.794. The van der Waals surface area contributed by atoms with Gasteiger partial charge in [0.05, 0.1) is 12.7 Å². The number of carbonyl (C=O) groups is 2. The number of nitrogens with one attached hydrogen (secondary N) is 2. The van der Waals surface area contributed by atoms with E-state index in [1.807, 2.05) is 36.2 Å². The van der Waals surface area contributed by atoms with Crippen molar-refractivity contribution in [2.24, 2.45) is 17.6 Å². The zero-order valence-corrected chi connectivity index (χ0v) is 21.6. The van der Waals surface area contributed by atoms with Gasteiger partial charge in [-0.1, -0.05) is 55.8 Å². The number of benzene rings is 1. The van der Waals surface area contributed by atoms with Gasteiger partial charge in [-0.05, 0) is 49.9 Å². The molecule has 1 saturated heterocycles. The topological polar surface area (TPSA) is 106 Å². The molecule has 3 unspecified atom stereocenters. The van der Waals surface area contributed by atoms with Crippen LogP contribution in [0.4, 0.5) is 9.59 Å². The molecule has 1 saturated carbocycles. The van der Waals surface area contributed by atoms with Gasteiger partial charge < -0.3 is 30.7 Å². The van der Waals surface area contributed by atoms with Crippen LogP contribution < -0.4 is 16.4 Å². The van der Waals surface area contributed by atoms with Crippen molar-refractivity contribution in [2.45, 2.75) is 63.5 Å². The number of likely N-dealkylation sites (N-methyl/N-ethyl adjacent to an activating group) is 1. The van der Waals surface area contributed by atoms with Crippen LogP contribution in [0.2, 0.25) is 5.02 Å². The SMILES string of the molecule is CNCC(CC1CCCCC1)NC(=O)N1CCCC(C(OCCOC(N)=O)c2cccc(Cl)c2)C1. The average Bonchev–Trinajstić information content (AvgIpc) is 2.84. The molecule has 35 heavy (non-hydrogen) atoms.